The van der Waals surface area contributed by atoms with E-state index >= 15 is 0 Å². The Bertz CT molecular complexity index is 2460. The van der Waals surface area contributed by atoms with Gasteiger partial charge in [-0.3, -0.25) is 24.4 Å². The number of halogens is 2. The maximum atomic E-state index is 13.6. The van der Waals surface area contributed by atoms with Gasteiger partial charge in [0.15, 0.2) is 5.78 Å². The fourth-order valence-corrected chi connectivity index (χ4v) is 8.65. The van der Waals surface area contributed by atoms with Crippen LogP contribution in [0, 0.1) is 25.5 Å². The number of pyridine rings is 2. The molecule has 8 rings (SSSR count). The number of ketones is 1. The van der Waals surface area contributed by atoms with Gasteiger partial charge in [-0.2, -0.15) is 0 Å². The molecule has 0 bridgehead atoms. The predicted octanol–water partition coefficient (Wildman–Crippen LogP) is 4.78. The molecular weight excluding hydrogens is 884 g/mol. The first kappa shape index (κ1) is 55.5. The number of rotatable bonds is 8. The van der Waals surface area contributed by atoms with Crippen LogP contribution in [-0.4, -0.2) is 119 Å². The van der Waals surface area contributed by atoms with E-state index in [1.54, 1.807) is 23.1 Å². The van der Waals surface area contributed by atoms with Crippen LogP contribution in [0.1, 0.15) is 111 Å². The molecule has 6 heterocycles. The molecule has 2 aromatic carbocycles. The first-order valence-corrected chi connectivity index (χ1v) is 22.3. The van der Waals surface area contributed by atoms with Crippen molar-refractivity contribution < 1.29 is 83.3 Å². The summed E-state index contributed by atoms with van der Waals surface area (Å²) in [5, 5.41) is 17.4. The quantitative estimate of drug-likeness (QED) is 0.234. The van der Waals surface area contributed by atoms with E-state index in [0.29, 0.717) is 92.1 Å². The van der Waals surface area contributed by atoms with Crippen molar-refractivity contribution in [3.05, 3.63) is 130 Å². The zero-order valence-electron chi connectivity index (χ0n) is 41.3. The Morgan fingerprint density at radius 3 is 1.57 bits per heavy atom. The number of aromatic nitrogens is 2. The summed E-state index contributed by atoms with van der Waals surface area (Å²) in [7, 11) is 1.00. The van der Waals surface area contributed by atoms with Gasteiger partial charge in [0.25, 0.3) is 11.8 Å². The summed E-state index contributed by atoms with van der Waals surface area (Å²) in [4.78, 5) is 49.9. The average molecular weight is 946 g/mol. The van der Waals surface area contributed by atoms with Crippen molar-refractivity contribution >= 4 is 37.5 Å². The van der Waals surface area contributed by atoms with Crippen molar-refractivity contribution in [2.45, 2.75) is 110 Å². The number of aliphatic hydroxyl groups is 2. The van der Waals surface area contributed by atoms with Crippen LogP contribution in [0.4, 0.5) is 8.78 Å². The molecular formula is C51H61BF2N4NaO9. The molecule has 4 aliphatic heterocycles. The molecule has 1 unspecified atom stereocenters. The minimum absolute atomic E-state index is 0. The second kappa shape index (κ2) is 24.4. The summed E-state index contributed by atoms with van der Waals surface area (Å²) in [6.45, 7) is 13.7. The molecule has 13 nitrogen and oxygen atoms in total. The molecule has 2 spiro atoms. The van der Waals surface area contributed by atoms with Crippen LogP contribution in [0.2, 0.25) is 0 Å². The molecule has 3 radical (unpaired) electrons. The summed E-state index contributed by atoms with van der Waals surface area (Å²) in [5.74, 6) is 1.25. The van der Waals surface area contributed by atoms with Crippen LogP contribution in [0.25, 0.3) is 11.5 Å². The fraction of sp³-hybridized carbons (Fsp3) is 0.431. The molecule has 2 fully saturated rings. The van der Waals surface area contributed by atoms with Crippen LogP contribution in [0.15, 0.2) is 85.5 Å². The molecule has 17 heteroatoms. The second-order valence-corrected chi connectivity index (χ2v) is 17.7. The number of piperidine rings is 2. The normalized spacial score (nSPS) is 18.0. The number of carbonyl (C=O) groups is 3. The van der Waals surface area contributed by atoms with Gasteiger partial charge in [-0.25, -0.2) is 8.78 Å². The summed E-state index contributed by atoms with van der Waals surface area (Å²) in [6, 6.07) is 13.6. The van der Waals surface area contributed by atoms with Crippen molar-refractivity contribution in [1.29, 1.82) is 0 Å². The number of amides is 2. The van der Waals surface area contributed by atoms with E-state index in [4.69, 9.17) is 24.1 Å². The van der Waals surface area contributed by atoms with Gasteiger partial charge in [0.05, 0.1) is 37.1 Å². The average Bonchev–Trinajstić information content (AvgIpc) is 3.28. The fourth-order valence-electron chi connectivity index (χ4n) is 8.65. The van der Waals surface area contributed by atoms with Crippen molar-refractivity contribution in [1.82, 2.24) is 19.8 Å². The number of nitrogens with zero attached hydrogens (tertiary/aromatic N) is 4. The molecule has 1 atom stereocenters. The Morgan fingerprint density at radius 1 is 0.721 bits per heavy atom. The van der Waals surface area contributed by atoms with Gasteiger partial charge in [0, 0.05) is 115 Å². The molecule has 4 aromatic rings. The molecule has 2 aromatic heterocycles. The molecule has 357 valence electrons. The Morgan fingerprint density at radius 2 is 1.15 bits per heavy atom. The van der Waals surface area contributed by atoms with Crippen molar-refractivity contribution in [3.63, 3.8) is 0 Å². The number of likely N-dealkylation sites (tertiary alicyclic amines) is 2. The zero-order valence-corrected chi connectivity index (χ0v) is 42.3. The molecule has 0 aliphatic carbocycles. The number of aliphatic hydroxyl groups excluding tert-OH is 2. The summed E-state index contributed by atoms with van der Waals surface area (Å²) >= 11 is 0. The minimum atomic E-state index is -0.694. The Balaban J connectivity index is 0.000000338. The number of hydrogen-bond acceptors (Lipinski definition) is 11. The SMILES string of the molecule is CO.Cc1cc(C(=O)N2CCC3(CC2)CC(=O)C=C(c2cncc(F)c2)O3)ccc1OC(C)C.Cc1cc(C(=O)N2CCC3(CC2)CC(O)C=C(c2cncc(F)c2)O3)ccc1OC(C)C.[B].[H-].[Na+]. The first-order chi connectivity index (χ1) is 31.5. The van der Waals surface area contributed by atoms with Crippen molar-refractivity contribution in [2.24, 2.45) is 0 Å². The number of aryl methyl sites for hydroxylation is 2. The van der Waals surface area contributed by atoms with Crippen LogP contribution >= 0.6 is 0 Å². The van der Waals surface area contributed by atoms with Crippen LogP contribution in [0.5, 0.6) is 11.5 Å². The number of carbonyl (C=O) groups excluding carboxylic acids is 3. The second-order valence-electron chi connectivity index (χ2n) is 17.7. The van der Waals surface area contributed by atoms with E-state index in [2.05, 4.69) is 9.97 Å². The van der Waals surface area contributed by atoms with E-state index in [0.717, 1.165) is 42.1 Å². The first-order valence-electron chi connectivity index (χ1n) is 22.3. The van der Waals surface area contributed by atoms with E-state index in [-0.39, 0.29) is 75.6 Å². The van der Waals surface area contributed by atoms with Crippen LogP contribution < -0.4 is 39.0 Å². The Labute approximate surface area is 423 Å². The van der Waals surface area contributed by atoms with Crippen molar-refractivity contribution in [3.8, 4) is 11.5 Å². The maximum Gasteiger partial charge on any atom is 1.00 e. The van der Waals surface area contributed by atoms with Crippen LogP contribution in [0.3, 0.4) is 0 Å². The predicted molar refractivity (Wildman–Crippen MR) is 251 cm³/mol. The third kappa shape index (κ3) is 14.0. The zero-order chi connectivity index (χ0) is 47.8. The van der Waals surface area contributed by atoms with Gasteiger partial charge in [0.2, 0.25) is 0 Å². The minimum Gasteiger partial charge on any atom is -1.00 e. The monoisotopic (exact) mass is 945 g/mol. The van der Waals surface area contributed by atoms with E-state index in [1.165, 1.54) is 30.6 Å². The van der Waals surface area contributed by atoms with E-state index in [1.807, 2.05) is 70.7 Å². The van der Waals surface area contributed by atoms with Gasteiger partial charge >= 0.3 is 29.6 Å². The van der Waals surface area contributed by atoms with E-state index < -0.39 is 28.9 Å². The number of hydrogen-bond donors (Lipinski definition) is 2. The van der Waals surface area contributed by atoms with E-state index in [9.17, 15) is 28.3 Å². The van der Waals surface area contributed by atoms with Gasteiger partial charge in [0.1, 0.15) is 45.9 Å². The summed E-state index contributed by atoms with van der Waals surface area (Å²) < 4.78 is 51.2. The van der Waals surface area contributed by atoms with Crippen molar-refractivity contribution in [2.75, 3.05) is 33.3 Å². The maximum absolute atomic E-state index is 13.6. The number of ether oxygens (including phenoxy) is 4. The third-order valence-electron chi connectivity index (χ3n) is 11.8. The standard InChI is InChI=1S/C25H29FN2O4.C25H27FN2O4.CH4O.B.Na.H/c2*1-16(2)31-22-5-4-18(10-17(22)3)24(30)28-8-6-25(7-9-28)13-21(29)12-23(32-25)19-11-20(26)15-27-14-19;1-2;;;/h4-5,10-12,14-16,21,29H,6-9,13H2,1-3H3;4-5,10-12,14-16H,6-9,13H2,1-3H3;2H,1H3;;;/q;;;;+1;-1. The molecule has 2 saturated heterocycles. The summed E-state index contributed by atoms with van der Waals surface area (Å²) in [5.41, 5.74) is 2.75. The molecule has 2 amide bonds. The summed E-state index contributed by atoms with van der Waals surface area (Å²) in [6.07, 6.45) is 10.6. The molecule has 2 N–H and O–H groups in total. The van der Waals surface area contributed by atoms with Gasteiger partial charge < -0.3 is 40.4 Å². The third-order valence-corrected chi connectivity index (χ3v) is 11.8. The van der Waals surface area contributed by atoms with Gasteiger partial charge in [-0.1, -0.05) is 0 Å². The molecule has 68 heavy (non-hydrogen) atoms. The molecule has 4 aliphatic rings. The van der Waals surface area contributed by atoms with Crippen LogP contribution in [-0.2, 0) is 14.3 Å². The topological polar surface area (TPSA) is 161 Å². The Hall–Kier alpha value is -5.13. The smallest absolute Gasteiger partial charge is 1.00 e. The largest absolute Gasteiger partial charge is 1.00 e. The van der Waals surface area contributed by atoms with Gasteiger partial charge in [-0.15, -0.1) is 0 Å². The number of benzene rings is 2. The number of allylic oxidation sites excluding steroid dienone is 1. The van der Waals surface area contributed by atoms with Gasteiger partial charge in [-0.05, 0) is 107 Å². The molecule has 0 saturated carbocycles. The Kier molecular flexibility index (Phi) is 19.9.